The van der Waals surface area contributed by atoms with E-state index in [2.05, 4.69) is 23.2 Å². The third kappa shape index (κ3) is 4.45. The first kappa shape index (κ1) is 16.3. The summed E-state index contributed by atoms with van der Waals surface area (Å²) in [5.74, 6) is 0.944. The molecule has 2 fully saturated rings. The van der Waals surface area contributed by atoms with Crippen LogP contribution in [0.5, 0.6) is 5.75 Å². The number of piperazine rings is 1. The zero-order valence-electron chi connectivity index (χ0n) is 14.0. The number of carbonyl (C=O) groups excluding carboxylic acids is 1. The molecule has 2 aliphatic rings. The molecule has 0 saturated carbocycles. The molecule has 1 amide bonds. The fourth-order valence-electron chi connectivity index (χ4n) is 3.37. The van der Waals surface area contributed by atoms with Crippen molar-refractivity contribution in [3.8, 4) is 5.75 Å². The molecular weight excluding hydrogens is 290 g/mol. The summed E-state index contributed by atoms with van der Waals surface area (Å²) < 4.78 is 5.85. The van der Waals surface area contributed by atoms with Crippen LogP contribution in [0.1, 0.15) is 25.3 Å². The monoisotopic (exact) mass is 317 g/mol. The van der Waals surface area contributed by atoms with Gasteiger partial charge >= 0.3 is 0 Å². The molecule has 1 N–H and O–H groups in total. The van der Waals surface area contributed by atoms with Gasteiger partial charge in [0.05, 0.1) is 0 Å². The van der Waals surface area contributed by atoms with Crippen LogP contribution < -0.4 is 10.1 Å². The number of hydrogen-bond donors (Lipinski definition) is 1. The standard InChI is InChI=1S/C18H27N3O2/c1-15-12-20(11-8-19-15)13-16-6-2-3-7-17(16)23-14-18(22)21-9-4-5-10-21/h2-3,6-7,15,19H,4-5,8-14H2,1H3/t15-/m1/s1. The summed E-state index contributed by atoms with van der Waals surface area (Å²) in [6.45, 7) is 8.10. The number of nitrogens with zero attached hydrogens (tertiary/aromatic N) is 2. The van der Waals surface area contributed by atoms with E-state index < -0.39 is 0 Å². The van der Waals surface area contributed by atoms with Gasteiger partial charge in [-0.15, -0.1) is 0 Å². The van der Waals surface area contributed by atoms with Crippen molar-refractivity contribution in [1.29, 1.82) is 0 Å². The van der Waals surface area contributed by atoms with Crippen molar-refractivity contribution < 1.29 is 9.53 Å². The molecule has 0 radical (unpaired) electrons. The molecule has 126 valence electrons. The molecule has 0 unspecified atom stereocenters. The van der Waals surface area contributed by atoms with E-state index in [1.165, 1.54) is 0 Å². The third-order valence-electron chi connectivity index (χ3n) is 4.63. The highest BCUT2D eigenvalue weighted by molar-refractivity contribution is 5.78. The minimum Gasteiger partial charge on any atom is -0.483 e. The van der Waals surface area contributed by atoms with Crippen LogP contribution in [-0.4, -0.2) is 61.1 Å². The molecule has 0 aromatic heterocycles. The van der Waals surface area contributed by atoms with E-state index in [9.17, 15) is 4.79 Å². The van der Waals surface area contributed by atoms with Crippen molar-refractivity contribution in [2.45, 2.75) is 32.4 Å². The summed E-state index contributed by atoms with van der Waals surface area (Å²) in [5, 5.41) is 3.46. The van der Waals surface area contributed by atoms with Gasteiger partial charge in [0.15, 0.2) is 6.61 Å². The fraction of sp³-hybridized carbons (Fsp3) is 0.611. The summed E-state index contributed by atoms with van der Waals surface area (Å²) >= 11 is 0. The van der Waals surface area contributed by atoms with Crippen LogP contribution in [0, 0.1) is 0 Å². The Bertz CT molecular complexity index is 529. The maximum absolute atomic E-state index is 12.1. The minimum absolute atomic E-state index is 0.105. The topological polar surface area (TPSA) is 44.8 Å². The molecule has 2 heterocycles. The number of hydrogen-bond acceptors (Lipinski definition) is 4. The molecule has 0 spiro atoms. The molecule has 1 aromatic carbocycles. The summed E-state index contributed by atoms with van der Waals surface area (Å²) in [5.41, 5.74) is 1.16. The molecule has 5 nitrogen and oxygen atoms in total. The fourth-order valence-corrected chi connectivity index (χ4v) is 3.37. The molecule has 23 heavy (non-hydrogen) atoms. The lowest BCUT2D eigenvalue weighted by atomic mass is 10.1. The van der Waals surface area contributed by atoms with Gasteiger partial charge in [-0.2, -0.15) is 0 Å². The first-order valence-corrected chi connectivity index (χ1v) is 8.66. The number of ether oxygens (including phenoxy) is 1. The second-order valence-corrected chi connectivity index (χ2v) is 6.57. The van der Waals surface area contributed by atoms with Crippen molar-refractivity contribution in [1.82, 2.24) is 15.1 Å². The van der Waals surface area contributed by atoms with Gasteiger partial charge in [-0.05, 0) is 25.8 Å². The minimum atomic E-state index is 0.105. The van der Waals surface area contributed by atoms with Crippen LogP contribution in [-0.2, 0) is 11.3 Å². The van der Waals surface area contributed by atoms with Gasteiger partial charge in [0.25, 0.3) is 5.91 Å². The summed E-state index contributed by atoms with van der Waals surface area (Å²) in [6, 6.07) is 8.60. The molecule has 0 aliphatic carbocycles. The molecule has 1 atom stereocenters. The second-order valence-electron chi connectivity index (χ2n) is 6.57. The highest BCUT2D eigenvalue weighted by Gasteiger charge is 2.20. The Morgan fingerprint density at radius 2 is 2.04 bits per heavy atom. The van der Waals surface area contributed by atoms with Crippen molar-refractivity contribution in [2.24, 2.45) is 0 Å². The Morgan fingerprint density at radius 1 is 1.26 bits per heavy atom. The van der Waals surface area contributed by atoms with Crippen molar-refractivity contribution in [3.63, 3.8) is 0 Å². The van der Waals surface area contributed by atoms with Crippen LogP contribution in [0.3, 0.4) is 0 Å². The van der Waals surface area contributed by atoms with Crippen molar-refractivity contribution in [3.05, 3.63) is 29.8 Å². The zero-order chi connectivity index (χ0) is 16.1. The maximum atomic E-state index is 12.1. The first-order valence-electron chi connectivity index (χ1n) is 8.66. The largest absolute Gasteiger partial charge is 0.483 e. The maximum Gasteiger partial charge on any atom is 0.260 e. The van der Waals surface area contributed by atoms with Crippen LogP contribution >= 0.6 is 0 Å². The van der Waals surface area contributed by atoms with E-state index in [0.29, 0.717) is 6.04 Å². The molecule has 0 bridgehead atoms. The molecule has 2 saturated heterocycles. The zero-order valence-corrected chi connectivity index (χ0v) is 14.0. The Hall–Kier alpha value is -1.59. The molecular formula is C18H27N3O2. The lowest BCUT2D eigenvalue weighted by Crippen LogP contribution is -2.48. The number of nitrogens with one attached hydrogen (secondary N) is 1. The number of rotatable bonds is 5. The van der Waals surface area contributed by atoms with Gasteiger partial charge in [-0.3, -0.25) is 9.69 Å². The molecule has 5 heteroatoms. The average Bonchev–Trinajstić information content (AvgIpc) is 3.08. The van der Waals surface area contributed by atoms with Gasteiger partial charge in [-0.25, -0.2) is 0 Å². The lowest BCUT2D eigenvalue weighted by Gasteiger charge is -2.32. The van der Waals surface area contributed by atoms with E-state index in [-0.39, 0.29) is 12.5 Å². The van der Waals surface area contributed by atoms with E-state index >= 15 is 0 Å². The van der Waals surface area contributed by atoms with E-state index in [4.69, 9.17) is 4.74 Å². The third-order valence-corrected chi connectivity index (χ3v) is 4.63. The van der Waals surface area contributed by atoms with Gasteiger partial charge in [-0.1, -0.05) is 18.2 Å². The highest BCUT2D eigenvalue weighted by Crippen LogP contribution is 2.21. The van der Waals surface area contributed by atoms with E-state index in [0.717, 1.165) is 63.4 Å². The number of para-hydroxylation sites is 1. The van der Waals surface area contributed by atoms with Gasteiger partial charge in [0.1, 0.15) is 5.75 Å². The SMILES string of the molecule is C[C@@H]1CN(Cc2ccccc2OCC(=O)N2CCCC2)CCN1. The number of likely N-dealkylation sites (tertiary alicyclic amines) is 1. The van der Waals surface area contributed by atoms with Crippen molar-refractivity contribution in [2.75, 3.05) is 39.3 Å². The summed E-state index contributed by atoms with van der Waals surface area (Å²) in [6.07, 6.45) is 2.23. The van der Waals surface area contributed by atoms with Gasteiger partial charge in [0.2, 0.25) is 0 Å². The summed E-state index contributed by atoms with van der Waals surface area (Å²) in [4.78, 5) is 16.5. The van der Waals surface area contributed by atoms with Gasteiger partial charge < -0.3 is 15.0 Å². The number of carbonyl (C=O) groups is 1. The lowest BCUT2D eigenvalue weighted by molar-refractivity contribution is -0.132. The number of amides is 1. The molecule has 3 rings (SSSR count). The van der Waals surface area contributed by atoms with E-state index in [1.54, 1.807) is 0 Å². The molecule has 2 aliphatic heterocycles. The van der Waals surface area contributed by atoms with Crippen LogP contribution in [0.25, 0.3) is 0 Å². The predicted molar refractivity (Wildman–Crippen MR) is 90.5 cm³/mol. The van der Waals surface area contributed by atoms with Gasteiger partial charge in [0, 0.05) is 50.9 Å². The highest BCUT2D eigenvalue weighted by atomic mass is 16.5. The Kier molecular flexibility index (Phi) is 5.51. The Morgan fingerprint density at radius 3 is 2.83 bits per heavy atom. The van der Waals surface area contributed by atoms with Crippen LogP contribution in [0.2, 0.25) is 0 Å². The second kappa shape index (κ2) is 7.79. The first-order chi connectivity index (χ1) is 11.2. The summed E-state index contributed by atoms with van der Waals surface area (Å²) in [7, 11) is 0. The normalized spacial score (nSPS) is 22.3. The molecule has 1 aromatic rings. The smallest absolute Gasteiger partial charge is 0.260 e. The van der Waals surface area contributed by atoms with E-state index in [1.807, 2.05) is 23.1 Å². The Labute approximate surface area is 138 Å². The quantitative estimate of drug-likeness (QED) is 0.893. The van der Waals surface area contributed by atoms with Crippen LogP contribution in [0.15, 0.2) is 24.3 Å². The Balaban J connectivity index is 1.57. The number of benzene rings is 1. The predicted octanol–water partition coefficient (Wildman–Crippen LogP) is 1.48. The van der Waals surface area contributed by atoms with Crippen LogP contribution in [0.4, 0.5) is 0 Å². The van der Waals surface area contributed by atoms with Crippen molar-refractivity contribution >= 4 is 5.91 Å². The average molecular weight is 317 g/mol.